The van der Waals surface area contributed by atoms with E-state index in [9.17, 15) is 9.59 Å². The number of carbonyl (C=O) groups is 2. The summed E-state index contributed by atoms with van der Waals surface area (Å²) in [7, 11) is 0. The maximum Gasteiger partial charge on any atom is 0.235 e. The van der Waals surface area contributed by atoms with Gasteiger partial charge in [-0.05, 0) is 55.3 Å². The summed E-state index contributed by atoms with van der Waals surface area (Å²) >= 11 is 11.7. The van der Waals surface area contributed by atoms with Crippen LogP contribution in [0.2, 0.25) is 10.0 Å². The van der Waals surface area contributed by atoms with Crippen LogP contribution in [0.5, 0.6) is 0 Å². The molecule has 5 heteroatoms. The summed E-state index contributed by atoms with van der Waals surface area (Å²) in [6.45, 7) is 1.41. The third-order valence-electron chi connectivity index (χ3n) is 3.25. The van der Waals surface area contributed by atoms with Crippen LogP contribution in [0.3, 0.4) is 0 Å². The smallest absolute Gasteiger partial charge is 0.235 e. The summed E-state index contributed by atoms with van der Waals surface area (Å²) in [5.74, 6) is -1.28. The van der Waals surface area contributed by atoms with E-state index in [2.05, 4.69) is 5.32 Å². The predicted molar refractivity (Wildman–Crippen MR) is 89.4 cm³/mol. The largest absolute Gasteiger partial charge is 0.325 e. The number of benzene rings is 2. The number of ketones is 1. The number of halogens is 2. The molecule has 0 radical (unpaired) electrons. The number of amides is 1. The lowest BCUT2D eigenvalue weighted by Crippen LogP contribution is -2.30. The van der Waals surface area contributed by atoms with Crippen LogP contribution in [0.1, 0.15) is 12.5 Å². The molecule has 0 aliphatic heterocycles. The highest BCUT2D eigenvalue weighted by Crippen LogP contribution is 2.18. The molecule has 1 N–H and O–H groups in total. The highest BCUT2D eigenvalue weighted by molar-refractivity contribution is 6.31. The Balaban J connectivity index is 2.11. The molecule has 0 saturated heterocycles. The molecule has 1 amide bonds. The van der Waals surface area contributed by atoms with Crippen molar-refractivity contribution in [1.29, 1.82) is 0 Å². The monoisotopic (exact) mass is 335 g/mol. The maximum atomic E-state index is 12.3. The summed E-state index contributed by atoms with van der Waals surface area (Å²) in [6, 6.07) is 13.9. The minimum absolute atomic E-state index is 0.188. The van der Waals surface area contributed by atoms with Crippen LogP contribution in [0, 0.1) is 5.92 Å². The lowest BCUT2D eigenvalue weighted by Gasteiger charge is -2.14. The summed E-state index contributed by atoms with van der Waals surface area (Å²) in [5.41, 5.74) is 1.45. The van der Waals surface area contributed by atoms with Gasteiger partial charge in [-0.3, -0.25) is 9.59 Å². The zero-order chi connectivity index (χ0) is 16.1. The molecular weight excluding hydrogens is 321 g/mol. The molecule has 3 nitrogen and oxygen atoms in total. The SMILES string of the molecule is CC(=O)[C@H](Cc1cccc(Cl)c1)C(=O)Nc1ccc(Cl)cc1. The summed E-state index contributed by atoms with van der Waals surface area (Å²) < 4.78 is 0. The van der Waals surface area contributed by atoms with Crippen molar-refractivity contribution in [1.82, 2.24) is 0 Å². The fourth-order valence-electron chi connectivity index (χ4n) is 2.08. The number of anilines is 1. The Morgan fingerprint density at radius 1 is 1.05 bits per heavy atom. The topological polar surface area (TPSA) is 46.2 Å². The lowest BCUT2D eigenvalue weighted by molar-refractivity contribution is -0.129. The molecule has 0 bridgehead atoms. The molecular formula is C17H15Cl2NO2. The molecule has 0 saturated carbocycles. The molecule has 2 aromatic rings. The zero-order valence-electron chi connectivity index (χ0n) is 12.0. The van der Waals surface area contributed by atoms with E-state index in [1.807, 2.05) is 6.07 Å². The van der Waals surface area contributed by atoms with Gasteiger partial charge in [-0.2, -0.15) is 0 Å². The fraction of sp³-hybridized carbons (Fsp3) is 0.176. The van der Waals surface area contributed by atoms with Crippen molar-refractivity contribution < 1.29 is 9.59 Å². The van der Waals surface area contributed by atoms with Crippen molar-refractivity contribution in [3.05, 3.63) is 64.1 Å². The first-order valence-corrected chi connectivity index (χ1v) is 7.52. The van der Waals surface area contributed by atoms with Gasteiger partial charge in [0, 0.05) is 15.7 Å². The van der Waals surface area contributed by atoms with E-state index >= 15 is 0 Å². The van der Waals surface area contributed by atoms with Gasteiger partial charge in [0.25, 0.3) is 0 Å². The number of hydrogen-bond donors (Lipinski definition) is 1. The quantitative estimate of drug-likeness (QED) is 0.824. The number of Topliss-reactive ketones (excluding diaryl/α,β-unsaturated/α-hetero) is 1. The van der Waals surface area contributed by atoms with Crippen molar-refractivity contribution >= 4 is 40.6 Å². The molecule has 2 aromatic carbocycles. The highest BCUT2D eigenvalue weighted by Gasteiger charge is 2.23. The second-order valence-corrected chi connectivity index (χ2v) is 5.87. The lowest BCUT2D eigenvalue weighted by atomic mass is 9.95. The van der Waals surface area contributed by atoms with E-state index in [-0.39, 0.29) is 11.7 Å². The van der Waals surface area contributed by atoms with E-state index in [0.29, 0.717) is 22.2 Å². The summed E-state index contributed by atoms with van der Waals surface area (Å²) in [4.78, 5) is 24.1. The van der Waals surface area contributed by atoms with Gasteiger partial charge in [-0.1, -0.05) is 35.3 Å². The van der Waals surface area contributed by atoms with E-state index in [1.54, 1.807) is 42.5 Å². The minimum Gasteiger partial charge on any atom is -0.325 e. The van der Waals surface area contributed by atoms with E-state index in [0.717, 1.165) is 5.56 Å². The molecule has 0 unspecified atom stereocenters. The van der Waals surface area contributed by atoms with Crippen LogP contribution in [0.15, 0.2) is 48.5 Å². The number of nitrogens with one attached hydrogen (secondary N) is 1. The molecule has 0 aromatic heterocycles. The third kappa shape index (κ3) is 4.58. The Morgan fingerprint density at radius 2 is 1.73 bits per heavy atom. The van der Waals surface area contributed by atoms with Gasteiger partial charge in [0.15, 0.2) is 0 Å². The van der Waals surface area contributed by atoms with Gasteiger partial charge < -0.3 is 5.32 Å². The molecule has 1 atom stereocenters. The number of rotatable bonds is 5. The second kappa shape index (κ2) is 7.43. The maximum absolute atomic E-state index is 12.3. The van der Waals surface area contributed by atoms with Crippen molar-refractivity contribution in [3.63, 3.8) is 0 Å². The average molecular weight is 336 g/mol. The van der Waals surface area contributed by atoms with Gasteiger partial charge in [0.2, 0.25) is 5.91 Å². The van der Waals surface area contributed by atoms with Gasteiger partial charge in [0.1, 0.15) is 11.7 Å². The normalized spacial score (nSPS) is 11.8. The Bertz CT molecular complexity index is 683. The zero-order valence-corrected chi connectivity index (χ0v) is 13.5. The van der Waals surface area contributed by atoms with Crippen molar-refractivity contribution in [3.8, 4) is 0 Å². The van der Waals surface area contributed by atoms with Crippen LogP contribution < -0.4 is 5.32 Å². The van der Waals surface area contributed by atoms with E-state index < -0.39 is 5.92 Å². The molecule has 2 rings (SSSR count). The molecule has 22 heavy (non-hydrogen) atoms. The molecule has 0 aliphatic rings. The van der Waals surface area contributed by atoms with Crippen LogP contribution in [0.4, 0.5) is 5.69 Å². The first-order valence-electron chi connectivity index (χ1n) is 6.77. The van der Waals surface area contributed by atoms with Gasteiger partial charge >= 0.3 is 0 Å². The highest BCUT2D eigenvalue weighted by atomic mass is 35.5. The second-order valence-electron chi connectivity index (χ2n) is 4.99. The van der Waals surface area contributed by atoms with Crippen LogP contribution >= 0.6 is 23.2 Å². The summed E-state index contributed by atoms with van der Waals surface area (Å²) in [6.07, 6.45) is 0.315. The average Bonchev–Trinajstić information content (AvgIpc) is 2.47. The van der Waals surface area contributed by atoms with Crippen molar-refractivity contribution in [2.45, 2.75) is 13.3 Å². The van der Waals surface area contributed by atoms with Crippen molar-refractivity contribution in [2.24, 2.45) is 5.92 Å². The standard InChI is InChI=1S/C17H15Cl2NO2/c1-11(21)16(10-12-3-2-4-14(19)9-12)17(22)20-15-7-5-13(18)6-8-15/h2-9,16H,10H2,1H3,(H,20,22)/t16-/m0/s1. The Hall–Kier alpha value is -1.84. The Labute approximate surface area is 139 Å². The van der Waals surface area contributed by atoms with Crippen LogP contribution in [-0.4, -0.2) is 11.7 Å². The third-order valence-corrected chi connectivity index (χ3v) is 3.73. The number of carbonyl (C=O) groups excluding carboxylic acids is 2. The molecule has 0 aliphatic carbocycles. The van der Waals surface area contributed by atoms with Crippen LogP contribution in [0.25, 0.3) is 0 Å². The van der Waals surface area contributed by atoms with E-state index in [4.69, 9.17) is 23.2 Å². The Kier molecular flexibility index (Phi) is 5.58. The number of hydrogen-bond acceptors (Lipinski definition) is 2. The van der Waals surface area contributed by atoms with Gasteiger partial charge in [-0.15, -0.1) is 0 Å². The fourth-order valence-corrected chi connectivity index (χ4v) is 2.42. The van der Waals surface area contributed by atoms with Gasteiger partial charge in [0.05, 0.1) is 0 Å². The first-order chi connectivity index (χ1) is 10.5. The van der Waals surface area contributed by atoms with E-state index in [1.165, 1.54) is 6.92 Å². The minimum atomic E-state index is -0.755. The van der Waals surface area contributed by atoms with Crippen molar-refractivity contribution in [2.75, 3.05) is 5.32 Å². The Morgan fingerprint density at radius 3 is 2.32 bits per heavy atom. The predicted octanol–water partition coefficient (Wildman–Crippen LogP) is 4.38. The molecule has 0 spiro atoms. The molecule has 0 fully saturated rings. The molecule has 114 valence electrons. The van der Waals surface area contributed by atoms with Crippen LogP contribution in [-0.2, 0) is 16.0 Å². The summed E-state index contributed by atoms with van der Waals surface area (Å²) in [5, 5.41) is 3.90. The van der Waals surface area contributed by atoms with Gasteiger partial charge in [-0.25, -0.2) is 0 Å². The first kappa shape index (κ1) is 16.5. The molecule has 0 heterocycles.